The molecule has 5 nitrogen and oxygen atoms in total. The lowest BCUT2D eigenvalue weighted by atomic mass is 10.2. The van der Waals surface area contributed by atoms with Crippen molar-refractivity contribution in [2.75, 3.05) is 18.4 Å². The van der Waals surface area contributed by atoms with Gasteiger partial charge in [-0.1, -0.05) is 18.2 Å². The van der Waals surface area contributed by atoms with Gasteiger partial charge in [0, 0.05) is 18.8 Å². The fraction of sp³-hybridized carbons (Fsp3) is 0.500. The highest BCUT2D eigenvalue weighted by molar-refractivity contribution is 5.95. The van der Waals surface area contributed by atoms with Gasteiger partial charge in [-0.2, -0.15) is 0 Å². The average molecular weight is 289 g/mol. The number of hydrogen-bond donors (Lipinski definition) is 2. The van der Waals surface area contributed by atoms with Crippen molar-refractivity contribution >= 4 is 17.5 Å². The Balaban J connectivity index is 1.83. The normalized spacial score (nSPS) is 17.3. The zero-order chi connectivity index (χ0) is 15.2. The number of amides is 2. The molecule has 0 bridgehead atoms. The first kappa shape index (κ1) is 15.5. The first-order valence-electron chi connectivity index (χ1n) is 7.48. The number of nitrogens with zero attached hydrogens (tertiary/aromatic N) is 1. The number of rotatable bonds is 5. The zero-order valence-electron chi connectivity index (χ0n) is 12.6. The van der Waals surface area contributed by atoms with Gasteiger partial charge in [0.2, 0.25) is 11.8 Å². The van der Waals surface area contributed by atoms with Crippen LogP contribution >= 0.6 is 0 Å². The summed E-state index contributed by atoms with van der Waals surface area (Å²) in [6.07, 6.45) is 2.14. The first-order valence-corrected chi connectivity index (χ1v) is 7.48. The molecule has 0 saturated carbocycles. The SMILES string of the molecule is CC(NC(C)C(=O)N1CCCC1)C(=O)Nc1ccccc1. The second-order valence-corrected chi connectivity index (χ2v) is 5.50. The van der Waals surface area contributed by atoms with E-state index in [0.29, 0.717) is 0 Å². The molecule has 2 rings (SSSR count). The van der Waals surface area contributed by atoms with Crippen LogP contribution in [0, 0.1) is 0 Å². The van der Waals surface area contributed by atoms with Crippen molar-refractivity contribution in [3.8, 4) is 0 Å². The molecule has 0 spiro atoms. The van der Waals surface area contributed by atoms with Crippen LogP contribution in [0.4, 0.5) is 5.69 Å². The van der Waals surface area contributed by atoms with Gasteiger partial charge in [0.05, 0.1) is 12.1 Å². The Bertz CT molecular complexity index is 484. The molecule has 1 saturated heterocycles. The van der Waals surface area contributed by atoms with Gasteiger partial charge in [-0.25, -0.2) is 0 Å². The summed E-state index contributed by atoms with van der Waals surface area (Å²) in [5, 5.41) is 5.90. The molecule has 2 amide bonds. The minimum absolute atomic E-state index is 0.0758. The predicted molar refractivity (Wildman–Crippen MR) is 82.9 cm³/mol. The highest BCUT2D eigenvalue weighted by Gasteiger charge is 2.25. The van der Waals surface area contributed by atoms with Crippen molar-refractivity contribution in [3.05, 3.63) is 30.3 Å². The highest BCUT2D eigenvalue weighted by Crippen LogP contribution is 2.10. The van der Waals surface area contributed by atoms with Crippen LogP contribution in [0.1, 0.15) is 26.7 Å². The van der Waals surface area contributed by atoms with Gasteiger partial charge in [-0.3, -0.25) is 14.9 Å². The third-order valence-electron chi connectivity index (χ3n) is 3.72. The van der Waals surface area contributed by atoms with Crippen molar-refractivity contribution in [1.82, 2.24) is 10.2 Å². The van der Waals surface area contributed by atoms with Crippen molar-refractivity contribution < 1.29 is 9.59 Å². The molecule has 2 N–H and O–H groups in total. The van der Waals surface area contributed by atoms with Gasteiger partial charge in [0.25, 0.3) is 0 Å². The number of benzene rings is 1. The van der Waals surface area contributed by atoms with Crippen LogP contribution in [-0.2, 0) is 9.59 Å². The summed E-state index contributed by atoms with van der Waals surface area (Å²) in [6.45, 7) is 5.24. The van der Waals surface area contributed by atoms with Crippen molar-refractivity contribution in [2.24, 2.45) is 0 Å². The molecule has 1 aliphatic rings. The standard InChI is InChI=1S/C16H23N3O2/c1-12(15(20)18-14-8-4-3-5-9-14)17-13(2)16(21)19-10-6-7-11-19/h3-5,8-9,12-13,17H,6-7,10-11H2,1-2H3,(H,18,20). The lowest BCUT2D eigenvalue weighted by molar-refractivity contribution is -0.132. The Hall–Kier alpha value is -1.88. The first-order chi connectivity index (χ1) is 10.1. The fourth-order valence-corrected chi connectivity index (χ4v) is 2.51. The van der Waals surface area contributed by atoms with E-state index in [4.69, 9.17) is 0 Å². The monoisotopic (exact) mass is 289 g/mol. The molecule has 0 aromatic heterocycles. The maximum atomic E-state index is 12.2. The molecule has 1 heterocycles. The minimum atomic E-state index is -0.424. The predicted octanol–water partition coefficient (Wildman–Crippen LogP) is 1.61. The summed E-state index contributed by atoms with van der Waals surface area (Å²) in [5.41, 5.74) is 0.759. The number of hydrogen-bond acceptors (Lipinski definition) is 3. The van der Waals surface area contributed by atoms with Crippen LogP contribution in [0.2, 0.25) is 0 Å². The second-order valence-electron chi connectivity index (χ2n) is 5.50. The summed E-state index contributed by atoms with van der Waals surface area (Å²) >= 11 is 0. The topological polar surface area (TPSA) is 61.4 Å². The lowest BCUT2D eigenvalue weighted by Crippen LogP contribution is -2.50. The zero-order valence-corrected chi connectivity index (χ0v) is 12.6. The molecular formula is C16H23N3O2. The Morgan fingerprint density at radius 3 is 2.29 bits per heavy atom. The van der Waals surface area contributed by atoms with Crippen LogP contribution in [0.15, 0.2) is 30.3 Å². The van der Waals surface area contributed by atoms with E-state index in [2.05, 4.69) is 10.6 Å². The largest absolute Gasteiger partial charge is 0.341 e. The molecule has 0 radical (unpaired) electrons. The number of carbonyl (C=O) groups excluding carboxylic acids is 2. The Morgan fingerprint density at radius 2 is 1.67 bits per heavy atom. The summed E-state index contributed by atoms with van der Waals surface area (Å²) in [7, 11) is 0. The number of nitrogens with one attached hydrogen (secondary N) is 2. The molecular weight excluding hydrogens is 266 g/mol. The molecule has 1 aliphatic heterocycles. The molecule has 2 atom stereocenters. The van der Waals surface area contributed by atoms with E-state index < -0.39 is 6.04 Å². The van der Waals surface area contributed by atoms with Gasteiger partial charge in [-0.15, -0.1) is 0 Å². The van der Waals surface area contributed by atoms with E-state index >= 15 is 0 Å². The number of anilines is 1. The number of para-hydroxylation sites is 1. The van der Waals surface area contributed by atoms with Crippen LogP contribution in [-0.4, -0.2) is 41.9 Å². The van der Waals surface area contributed by atoms with Crippen molar-refractivity contribution in [3.63, 3.8) is 0 Å². The van der Waals surface area contributed by atoms with Gasteiger partial charge >= 0.3 is 0 Å². The van der Waals surface area contributed by atoms with Gasteiger partial charge in [0.1, 0.15) is 0 Å². The van der Waals surface area contributed by atoms with Crippen LogP contribution in [0.25, 0.3) is 0 Å². The third-order valence-corrected chi connectivity index (χ3v) is 3.72. The summed E-state index contributed by atoms with van der Waals surface area (Å²) in [6, 6.07) is 8.54. The molecule has 1 aromatic rings. The average Bonchev–Trinajstić information content (AvgIpc) is 3.01. The summed E-state index contributed by atoms with van der Waals surface area (Å²) in [4.78, 5) is 26.1. The summed E-state index contributed by atoms with van der Waals surface area (Å²) < 4.78 is 0. The Kier molecular flexibility index (Phi) is 5.33. The molecule has 5 heteroatoms. The van der Waals surface area contributed by atoms with E-state index in [1.807, 2.05) is 42.2 Å². The number of likely N-dealkylation sites (tertiary alicyclic amines) is 1. The smallest absolute Gasteiger partial charge is 0.241 e. The van der Waals surface area contributed by atoms with Crippen LogP contribution < -0.4 is 10.6 Å². The Morgan fingerprint density at radius 1 is 1.05 bits per heavy atom. The molecule has 0 aliphatic carbocycles. The van der Waals surface area contributed by atoms with E-state index in [1.165, 1.54) is 0 Å². The van der Waals surface area contributed by atoms with E-state index in [0.717, 1.165) is 31.6 Å². The van der Waals surface area contributed by atoms with Crippen LogP contribution in [0.5, 0.6) is 0 Å². The van der Waals surface area contributed by atoms with Gasteiger partial charge in [-0.05, 0) is 38.8 Å². The maximum Gasteiger partial charge on any atom is 0.241 e. The molecule has 2 unspecified atom stereocenters. The Labute approximate surface area is 125 Å². The van der Waals surface area contributed by atoms with Gasteiger partial charge in [0.15, 0.2) is 0 Å². The summed E-state index contributed by atoms with van der Waals surface area (Å²) in [5.74, 6) is -0.0610. The second kappa shape index (κ2) is 7.22. The molecule has 1 aromatic carbocycles. The van der Waals surface area contributed by atoms with Crippen molar-refractivity contribution in [1.29, 1.82) is 0 Å². The fourth-order valence-electron chi connectivity index (χ4n) is 2.51. The maximum absolute atomic E-state index is 12.2. The lowest BCUT2D eigenvalue weighted by Gasteiger charge is -2.23. The third kappa shape index (κ3) is 4.29. The number of carbonyl (C=O) groups is 2. The van der Waals surface area contributed by atoms with Crippen LogP contribution in [0.3, 0.4) is 0 Å². The van der Waals surface area contributed by atoms with E-state index in [-0.39, 0.29) is 17.9 Å². The van der Waals surface area contributed by atoms with E-state index in [1.54, 1.807) is 6.92 Å². The van der Waals surface area contributed by atoms with Gasteiger partial charge < -0.3 is 10.2 Å². The van der Waals surface area contributed by atoms with Crippen molar-refractivity contribution in [2.45, 2.75) is 38.8 Å². The van der Waals surface area contributed by atoms with E-state index in [9.17, 15) is 9.59 Å². The molecule has 21 heavy (non-hydrogen) atoms. The molecule has 114 valence electrons. The highest BCUT2D eigenvalue weighted by atomic mass is 16.2. The minimum Gasteiger partial charge on any atom is -0.341 e. The molecule has 1 fully saturated rings. The quantitative estimate of drug-likeness (QED) is 0.866.